The molecule has 4 heteroatoms. The first-order valence-corrected chi connectivity index (χ1v) is 6.67. The molecule has 0 saturated carbocycles. The highest BCUT2D eigenvalue weighted by Gasteiger charge is 2.12. The van der Waals surface area contributed by atoms with Gasteiger partial charge in [-0.05, 0) is 46.3 Å². The second-order valence-electron chi connectivity index (χ2n) is 4.61. The first kappa shape index (κ1) is 15.7. The summed E-state index contributed by atoms with van der Waals surface area (Å²) in [7, 11) is 0. The van der Waals surface area contributed by atoms with E-state index in [-0.39, 0.29) is 0 Å². The Hall–Kier alpha value is -0.350. The molecule has 0 rings (SSSR count). The molecule has 0 amide bonds. The maximum Gasteiger partial charge on any atom is 0.166 e. The Morgan fingerprint density at radius 3 is 2.00 bits per heavy atom. The summed E-state index contributed by atoms with van der Waals surface area (Å²) in [6.45, 7) is 13.9. The molecule has 16 heavy (non-hydrogen) atoms. The van der Waals surface area contributed by atoms with E-state index in [1.165, 1.54) is 0 Å². The first-order valence-electron chi connectivity index (χ1n) is 6.26. The van der Waals surface area contributed by atoms with E-state index >= 15 is 0 Å². The lowest BCUT2D eigenvalue weighted by Gasteiger charge is -2.30. The lowest BCUT2D eigenvalue weighted by Crippen LogP contribution is -2.44. The molecular weight excluding hydrogens is 218 g/mol. The van der Waals surface area contributed by atoms with Gasteiger partial charge in [-0.25, -0.2) is 0 Å². The maximum atomic E-state index is 5.16. The van der Waals surface area contributed by atoms with Crippen LogP contribution in [-0.4, -0.2) is 41.7 Å². The van der Waals surface area contributed by atoms with E-state index in [2.05, 4.69) is 50.2 Å². The Kier molecular flexibility index (Phi) is 8.57. The number of nitrogens with zero attached hydrogens (tertiary/aromatic N) is 1. The molecule has 0 aromatic rings. The summed E-state index contributed by atoms with van der Waals surface area (Å²) < 4.78 is 0. The lowest BCUT2D eigenvalue weighted by atomic mass is 10.2. The smallest absolute Gasteiger partial charge is 0.166 e. The molecular formula is C12H27N3S. The second-order valence-corrected chi connectivity index (χ2v) is 5.02. The molecule has 0 aromatic heterocycles. The zero-order chi connectivity index (χ0) is 12.6. The molecule has 0 unspecified atom stereocenters. The van der Waals surface area contributed by atoms with Crippen LogP contribution < -0.4 is 10.6 Å². The van der Waals surface area contributed by atoms with Crippen molar-refractivity contribution >= 4 is 17.3 Å². The lowest BCUT2D eigenvalue weighted by molar-refractivity contribution is 0.178. The van der Waals surface area contributed by atoms with Gasteiger partial charge < -0.3 is 10.6 Å². The van der Waals surface area contributed by atoms with Gasteiger partial charge in [0.1, 0.15) is 0 Å². The van der Waals surface area contributed by atoms with Crippen molar-refractivity contribution in [3.8, 4) is 0 Å². The van der Waals surface area contributed by atoms with E-state index < -0.39 is 0 Å². The van der Waals surface area contributed by atoms with E-state index in [1.54, 1.807) is 0 Å². The Balaban J connectivity index is 3.73. The predicted octanol–water partition coefficient (Wildman–Crippen LogP) is 1.98. The van der Waals surface area contributed by atoms with Crippen LogP contribution in [0.4, 0.5) is 0 Å². The largest absolute Gasteiger partial charge is 0.363 e. The van der Waals surface area contributed by atoms with Gasteiger partial charge in [-0.3, -0.25) is 4.90 Å². The van der Waals surface area contributed by atoms with Gasteiger partial charge in [0.05, 0.1) is 0 Å². The summed E-state index contributed by atoms with van der Waals surface area (Å²) in [5.74, 6) is 0. The van der Waals surface area contributed by atoms with Crippen molar-refractivity contribution < 1.29 is 0 Å². The Morgan fingerprint density at radius 1 is 1.06 bits per heavy atom. The average Bonchev–Trinajstić information content (AvgIpc) is 2.20. The van der Waals surface area contributed by atoms with Crippen LogP contribution in [0.25, 0.3) is 0 Å². The van der Waals surface area contributed by atoms with Crippen LogP contribution in [0.15, 0.2) is 0 Å². The van der Waals surface area contributed by atoms with Gasteiger partial charge >= 0.3 is 0 Å². The van der Waals surface area contributed by atoms with Crippen LogP contribution in [0.3, 0.4) is 0 Å². The number of nitrogens with one attached hydrogen (secondary N) is 2. The number of hydrogen-bond donors (Lipinski definition) is 2. The summed E-state index contributed by atoms with van der Waals surface area (Å²) in [5, 5.41) is 7.18. The SMILES string of the molecule is CCCNC(=S)NCCN(C(C)C)C(C)C. The van der Waals surface area contributed by atoms with Crippen LogP contribution in [-0.2, 0) is 0 Å². The van der Waals surface area contributed by atoms with E-state index in [0.29, 0.717) is 12.1 Å². The highest BCUT2D eigenvalue weighted by atomic mass is 32.1. The van der Waals surface area contributed by atoms with E-state index in [9.17, 15) is 0 Å². The van der Waals surface area contributed by atoms with Crippen molar-refractivity contribution in [3.05, 3.63) is 0 Å². The fourth-order valence-electron chi connectivity index (χ4n) is 1.71. The second kappa shape index (κ2) is 8.76. The quantitative estimate of drug-likeness (QED) is 0.671. The molecule has 96 valence electrons. The Labute approximate surface area is 106 Å². The minimum absolute atomic E-state index is 0.582. The molecule has 0 radical (unpaired) electrons. The molecule has 0 spiro atoms. The zero-order valence-corrected chi connectivity index (χ0v) is 12.2. The summed E-state index contributed by atoms with van der Waals surface area (Å²) in [4.78, 5) is 2.45. The van der Waals surface area contributed by atoms with Crippen LogP contribution in [0.1, 0.15) is 41.0 Å². The van der Waals surface area contributed by atoms with E-state index in [4.69, 9.17) is 12.2 Å². The van der Waals surface area contributed by atoms with Gasteiger partial charge in [-0.1, -0.05) is 6.92 Å². The van der Waals surface area contributed by atoms with Crippen LogP contribution in [0, 0.1) is 0 Å². The minimum Gasteiger partial charge on any atom is -0.363 e. The molecule has 3 nitrogen and oxygen atoms in total. The summed E-state index contributed by atoms with van der Waals surface area (Å²) in [6.07, 6.45) is 1.10. The molecule has 2 N–H and O–H groups in total. The van der Waals surface area contributed by atoms with Crippen LogP contribution in [0.2, 0.25) is 0 Å². The summed E-state index contributed by atoms with van der Waals surface area (Å²) in [6, 6.07) is 1.16. The van der Waals surface area contributed by atoms with Crippen LogP contribution in [0.5, 0.6) is 0 Å². The summed E-state index contributed by atoms with van der Waals surface area (Å²) in [5.41, 5.74) is 0. The number of thiocarbonyl (C=S) groups is 1. The predicted molar refractivity (Wildman–Crippen MR) is 75.9 cm³/mol. The Bertz CT molecular complexity index is 185. The topological polar surface area (TPSA) is 27.3 Å². The van der Waals surface area contributed by atoms with Crippen molar-refractivity contribution in [1.82, 2.24) is 15.5 Å². The van der Waals surface area contributed by atoms with E-state index in [0.717, 1.165) is 31.2 Å². The fraction of sp³-hybridized carbons (Fsp3) is 0.917. The number of rotatable bonds is 7. The van der Waals surface area contributed by atoms with Gasteiger partial charge in [0.15, 0.2) is 5.11 Å². The van der Waals surface area contributed by atoms with Gasteiger partial charge in [-0.15, -0.1) is 0 Å². The fourth-order valence-corrected chi connectivity index (χ4v) is 1.92. The molecule has 0 aliphatic carbocycles. The molecule has 0 saturated heterocycles. The molecule has 0 aromatic carbocycles. The third-order valence-electron chi connectivity index (χ3n) is 2.52. The first-order chi connectivity index (χ1) is 7.49. The van der Waals surface area contributed by atoms with Crippen molar-refractivity contribution in [2.75, 3.05) is 19.6 Å². The zero-order valence-electron chi connectivity index (χ0n) is 11.3. The van der Waals surface area contributed by atoms with Gasteiger partial charge in [0.2, 0.25) is 0 Å². The van der Waals surface area contributed by atoms with Crippen molar-refractivity contribution in [2.45, 2.75) is 53.1 Å². The van der Waals surface area contributed by atoms with Crippen molar-refractivity contribution in [1.29, 1.82) is 0 Å². The third kappa shape index (κ3) is 7.01. The van der Waals surface area contributed by atoms with E-state index in [1.807, 2.05) is 0 Å². The van der Waals surface area contributed by atoms with Crippen molar-refractivity contribution in [2.24, 2.45) is 0 Å². The summed E-state index contributed by atoms with van der Waals surface area (Å²) >= 11 is 5.16. The van der Waals surface area contributed by atoms with Gasteiger partial charge in [0.25, 0.3) is 0 Å². The molecule has 0 aliphatic heterocycles. The normalized spacial score (nSPS) is 11.2. The minimum atomic E-state index is 0.582. The van der Waals surface area contributed by atoms with Gasteiger partial charge in [0, 0.05) is 31.7 Å². The highest BCUT2D eigenvalue weighted by molar-refractivity contribution is 7.80. The van der Waals surface area contributed by atoms with Gasteiger partial charge in [-0.2, -0.15) is 0 Å². The standard InChI is InChI=1S/C12H27N3S/c1-6-7-13-12(16)14-8-9-15(10(2)3)11(4)5/h10-11H,6-9H2,1-5H3,(H2,13,14,16). The van der Waals surface area contributed by atoms with Crippen LogP contribution >= 0.6 is 12.2 Å². The molecule has 0 aliphatic rings. The molecule has 0 atom stereocenters. The maximum absolute atomic E-state index is 5.16. The Morgan fingerprint density at radius 2 is 1.56 bits per heavy atom. The molecule has 0 heterocycles. The highest BCUT2D eigenvalue weighted by Crippen LogP contribution is 2.02. The molecule has 0 bridgehead atoms. The number of hydrogen-bond acceptors (Lipinski definition) is 2. The monoisotopic (exact) mass is 245 g/mol. The average molecular weight is 245 g/mol. The van der Waals surface area contributed by atoms with Crippen molar-refractivity contribution in [3.63, 3.8) is 0 Å². The molecule has 0 fully saturated rings. The third-order valence-corrected chi connectivity index (χ3v) is 2.81.